The summed E-state index contributed by atoms with van der Waals surface area (Å²) < 4.78 is 10.9. The summed E-state index contributed by atoms with van der Waals surface area (Å²) in [7, 11) is 0. The van der Waals surface area contributed by atoms with Crippen LogP contribution in [0.2, 0.25) is 0 Å². The summed E-state index contributed by atoms with van der Waals surface area (Å²) in [5.74, 6) is 0.527. The van der Waals surface area contributed by atoms with E-state index in [1.54, 1.807) is 12.1 Å². The molecule has 0 aliphatic rings. The molecule has 0 radical (unpaired) electrons. The molecule has 2 aromatic carbocycles. The van der Waals surface area contributed by atoms with Crippen molar-refractivity contribution in [2.75, 3.05) is 25.1 Å². The molecule has 3 N–H and O–H groups in total. The lowest BCUT2D eigenvalue weighted by Gasteiger charge is -2.13. The molecular formula is C24H24N4O4. The zero-order valence-electron chi connectivity index (χ0n) is 17.7. The second-order valence-electron chi connectivity index (χ2n) is 7.14. The highest BCUT2D eigenvalue weighted by Crippen LogP contribution is 2.32. The average Bonchev–Trinajstić information content (AvgIpc) is 3.26. The van der Waals surface area contributed by atoms with Gasteiger partial charge in [0.25, 0.3) is 0 Å². The van der Waals surface area contributed by atoms with Crippen LogP contribution in [0, 0.1) is 0 Å². The Hall–Kier alpha value is -4.07. The number of nitrogens with one attached hydrogen (secondary N) is 2. The smallest absolute Gasteiger partial charge is 0.341 e. The molecule has 164 valence electrons. The number of fused-ring (bicyclic) bond motifs is 1. The van der Waals surface area contributed by atoms with E-state index in [4.69, 9.17) is 14.6 Å². The molecule has 0 spiro atoms. The molecule has 8 nitrogen and oxygen atoms in total. The Balaban J connectivity index is 1.44. The number of aliphatic carboxylic acids is 1. The molecule has 4 rings (SSSR count). The maximum atomic E-state index is 10.8. The van der Waals surface area contributed by atoms with Gasteiger partial charge in [-0.25, -0.2) is 14.8 Å². The minimum absolute atomic E-state index is 0.379. The quantitative estimate of drug-likeness (QED) is 0.345. The van der Waals surface area contributed by atoms with Gasteiger partial charge in [0, 0.05) is 29.9 Å². The van der Waals surface area contributed by atoms with Crippen LogP contribution >= 0.6 is 0 Å². The lowest BCUT2D eigenvalue weighted by Crippen LogP contribution is -2.10. The van der Waals surface area contributed by atoms with Crippen molar-refractivity contribution in [2.24, 2.45) is 0 Å². The van der Waals surface area contributed by atoms with Crippen molar-refractivity contribution in [3.63, 3.8) is 0 Å². The number of hydrogen-bond acceptors (Lipinski definition) is 6. The van der Waals surface area contributed by atoms with Crippen LogP contribution in [0.3, 0.4) is 0 Å². The molecule has 8 heteroatoms. The van der Waals surface area contributed by atoms with E-state index in [9.17, 15) is 4.79 Å². The summed E-state index contributed by atoms with van der Waals surface area (Å²) in [6, 6.07) is 15.6. The van der Waals surface area contributed by atoms with Crippen molar-refractivity contribution in [3.8, 4) is 22.8 Å². The van der Waals surface area contributed by atoms with Gasteiger partial charge >= 0.3 is 5.97 Å². The Morgan fingerprint density at radius 1 is 1.06 bits per heavy atom. The van der Waals surface area contributed by atoms with Crippen molar-refractivity contribution < 1.29 is 19.4 Å². The number of anilines is 1. The maximum Gasteiger partial charge on any atom is 0.341 e. The molecule has 0 unspecified atom stereocenters. The van der Waals surface area contributed by atoms with E-state index in [1.165, 1.54) is 17.3 Å². The van der Waals surface area contributed by atoms with Gasteiger partial charge in [-0.05, 0) is 54.6 Å². The average molecular weight is 432 g/mol. The second-order valence-corrected chi connectivity index (χ2v) is 7.14. The second kappa shape index (κ2) is 9.82. The van der Waals surface area contributed by atoms with E-state index in [0.717, 1.165) is 35.6 Å². The van der Waals surface area contributed by atoms with Gasteiger partial charge in [-0.2, -0.15) is 0 Å². The lowest BCUT2D eigenvalue weighted by molar-refractivity contribution is -0.139. The number of hydrogen-bond donors (Lipinski definition) is 3. The number of carbonyl (C=O) groups is 1. The molecule has 0 aliphatic carbocycles. The van der Waals surface area contributed by atoms with E-state index >= 15 is 0 Å². The van der Waals surface area contributed by atoms with Crippen LogP contribution in [0.5, 0.6) is 11.5 Å². The van der Waals surface area contributed by atoms with Gasteiger partial charge in [-0.15, -0.1) is 0 Å². The molecule has 4 aromatic rings. The van der Waals surface area contributed by atoms with Gasteiger partial charge in [-0.1, -0.05) is 12.1 Å². The third kappa shape index (κ3) is 5.15. The Morgan fingerprint density at radius 3 is 2.81 bits per heavy atom. The highest BCUT2D eigenvalue weighted by Gasteiger charge is 2.11. The topological polar surface area (TPSA) is 109 Å². The van der Waals surface area contributed by atoms with E-state index < -0.39 is 12.6 Å². The summed E-state index contributed by atoms with van der Waals surface area (Å²) in [5, 5.41) is 13.4. The van der Waals surface area contributed by atoms with Gasteiger partial charge in [0.1, 0.15) is 12.1 Å². The number of ether oxygens (including phenoxy) is 2. The predicted molar refractivity (Wildman–Crippen MR) is 122 cm³/mol. The third-order valence-electron chi connectivity index (χ3n) is 4.90. The first kappa shape index (κ1) is 21.2. The molecule has 32 heavy (non-hydrogen) atoms. The Labute approximate surface area is 185 Å². The number of carboxylic acid groups (broad SMARTS) is 1. The van der Waals surface area contributed by atoms with Crippen LogP contribution in [0.15, 0.2) is 61.1 Å². The highest BCUT2D eigenvalue weighted by molar-refractivity contribution is 5.79. The molecule has 0 atom stereocenters. The van der Waals surface area contributed by atoms with Gasteiger partial charge in [0.15, 0.2) is 18.1 Å². The molecule has 0 bridgehead atoms. The number of H-pyrrole nitrogens is 1. The minimum Gasteiger partial charge on any atom is -0.490 e. The first-order valence-electron chi connectivity index (χ1n) is 10.4. The Kier molecular flexibility index (Phi) is 6.50. The number of aromatic amines is 1. The molecule has 0 amide bonds. The number of benzene rings is 2. The van der Waals surface area contributed by atoms with E-state index in [2.05, 4.69) is 44.5 Å². The van der Waals surface area contributed by atoms with E-state index in [0.29, 0.717) is 18.1 Å². The summed E-state index contributed by atoms with van der Waals surface area (Å²) in [4.78, 5) is 22.7. The zero-order chi connectivity index (χ0) is 22.3. The molecule has 0 aliphatic heterocycles. The molecule has 2 heterocycles. The Bertz CT molecular complexity index is 1220. The number of carboxylic acids is 1. The van der Waals surface area contributed by atoms with Crippen molar-refractivity contribution in [1.82, 2.24) is 15.0 Å². The normalized spacial score (nSPS) is 10.8. The monoisotopic (exact) mass is 432 g/mol. The molecular weight excluding hydrogens is 408 g/mol. The van der Waals surface area contributed by atoms with Crippen LogP contribution < -0.4 is 14.8 Å². The number of aromatic nitrogens is 3. The van der Waals surface area contributed by atoms with Crippen molar-refractivity contribution in [1.29, 1.82) is 0 Å². The standard InChI is InChI=1S/C24H24N4O4/c1-2-31-22-12-18(5-6-21(22)32-14-24(29)30)20-13-23(28-15-27-20)26-9-7-16-3-4-17-8-10-25-19(17)11-16/h3-6,8,10-13,15,25H,2,7,9,14H2,1H3,(H,29,30)(H,26,27,28). The van der Waals surface area contributed by atoms with Crippen LogP contribution in [0.25, 0.3) is 22.2 Å². The highest BCUT2D eigenvalue weighted by atomic mass is 16.5. The molecule has 0 saturated heterocycles. The fraction of sp³-hybridized carbons (Fsp3) is 0.208. The third-order valence-corrected chi connectivity index (χ3v) is 4.90. The number of rotatable bonds is 10. The van der Waals surface area contributed by atoms with Crippen LogP contribution in [0.4, 0.5) is 5.82 Å². The first-order valence-corrected chi connectivity index (χ1v) is 10.4. The largest absolute Gasteiger partial charge is 0.490 e. The van der Waals surface area contributed by atoms with E-state index in [1.807, 2.05) is 25.3 Å². The Morgan fingerprint density at radius 2 is 1.97 bits per heavy atom. The van der Waals surface area contributed by atoms with Gasteiger partial charge in [0.2, 0.25) is 0 Å². The summed E-state index contributed by atoms with van der Waals surface area (Å²) in [5.41, 5.74) is 3.91. The van der Waals surface area contributed by atoms with Gasteiger partial charge in [0.05, 0.1) is 12.3 Å². The minimum atomic E-state index is -1.05. The van der Waals surface area contributed by atoms with Crippen molar-refractivity contribution >= 4 is 22.7 Å². The van der Waals surface area contributed by atoms with Crippen molar-refractivity contribution in [3.05, 3.63) is 66.6 Å². The fourth-order valence-corrected chi connectivity index (χ4v) is 3.39. The SMILES string of the molecule is CCOc1cc(-c2cc(NCCc3ccc4cc[nH]c4c3)ncn2)ccc1OCC(=O)O. The van der Waals surface area contributed by atoms with Crippen LogP contribution in [-0.4, -0.2) is 45.8 Å². The van der Waals surface area contributed by atoms with Gasteiger partial charge in [-0.3, -0.25) is 0 Å². The lowest BCUT2D eigenvalue weighted by atomic mass is 10.1. The number of nitrogens with zero attached hydrogens (tertiary/aromatic N) is 2. The zero-order valence-corrected chi connectivity index (χ0v) is 17.7. The molecule has 0 saturated carbocycles. The fourth-order valence-electron chi connectivity index (χ4n) is 3.39. The summed E-state index contributed by atoms with van der Waals surface area (Å²) in [6.07, 6.45) is 4.31. The summed E-state index contributed by atoms with van der Waals surface area (Å²) >= 11 is 0. The van der Waals surface area contributed by atoms with Crippen molar-refractivity contribution in [2.45, 2.75) is 13.3 Å². The predicted octanol–water partition coefficient (Wildman–Crippen LogP) is 4.14. The van der Waals surface area contributed by atoms with Gasteiger partial charge < -0.3 is 24.9 Å². The molecule has 2 aromatic heterocycles. The summed E-state index contributed by atoms with van der Waals surface area (Å²) in [6.45, 7) is 2.58. The molecule has 0 fully saturated rings. The maximum absolute atomic E-state index is 10.8. The van der Waals surface area contributed by atoms with Crippen LogP contribution in [-0.2, 0) is 11.2 Å². The van der Waals surface area contributed by atoms with Crippen LogP contribution in [0.1, 0.15) is 12.5 Å². The first-order chi connectivity index (χ1) is 15.6. The van der Waals surface area contributed by atoms with E-state index in [-0.39, 0.29) is 0 Å².